The number of aromatic nitrogens is 2. The molecule has 0 bridgehead atoms. The fourth-order valence-corrected chi connectivity index (χ4v) is 2.21. The largest absolute Gasteiger partial charge is 0.338 e. The van der Waals surface area contributed by atoms with Gasteiger partial charge in [-0.1, -0.05) is 24.3 Å². The molecule has 0 amide bonds. The van der Waals surface area contributed by atoms with E-state index in [9.17, 15) is 4.39 Å². The second kappa shape index (κ2) is 6.45. The average molecular weight is 284 g/mol. The number of benzene rings is 1. The summed E-state index contributed by atoms with van der Waals surface area (Å²) in [6.45, 7) is 3.81. The summed E-state index contributed by atoms with van der Waals surface area (Å²) in [5, 5.41) is 3.30. The first-order chi connectivity index (χ1) is 10.3. The van der Waals surface area contributed by atoms with Crippen LogP contribution < -0.4 is 10.2 Å². The van der Waals surface area contributed by atoms with Crippen LogP contribution in [-0.4, -0.2) is 36.1 Å². The molecule has 1 aliphatic rings. The van der Waals surface area contributed by atoms with E-state index in [1.807, 2.05) is 24.5 Å². The van der Waals surface area contributed by atoms with E-state index in [1.54, 1.807) is 12.1 Å². The molecular formula is C16H17FN4. The summed E-state index contributed by atoms with van der Waals surface area (Å²) >= 11 is 0. The van der Waals surface area contributed by atoms with Gasteiger partial charge in [0.05, 0.1) is 0 Å². The van der Waals surface area contributed by atoms with E-state index in [1.165, 1.54) is 12.1 Å². The standard InChI is InChI=1S/C16H17FN4/c17-15-5-3-13(4-6-15)1-2-14-11-19-16(20-12-14)21-9-7-18-8-10-21/h1-6,11-12,18H,7-10H2. The highest BCUT2D eigenvalue weighted by molar-refractivity contribution is 5.68. The Bertz CT molecular complexity index is 601. The van der Waals surface area contributed by atoms with Crippen molar-refractivity contribution >= 4 is 18.1 Å². The first kappa shape index (κ1) is 13.7. The van der Waals surface area contributed by atoms with Gasteiger partial charge in [0.15, 0.2) is 0 Å². The highest BCUT2D eigenvalue weighted by atomic mass is 19.1. The van der Waals surface area contributed by atoms with Crippen LogP contribution in [0.25, 0.3) is 12.2 Å². The van der Waals surface area contributed by atoms with Gasteiger partial charge in [-0.2, -0.15) is 0 Å². The molecule has 108 valence electrons. The molecule has 1 aromatic heterocycles. The predicted octanol–water partition coefficient (Wildman–Crippen LogP) is 2.20. The van der Waals surface area contributed by atoms with E-state index >= 15 is 0 Å². The topological polar surface area (TPSA) is 41.1 Å². The Labute approximate surface area is 123 Å². The zero-order chi connectivity index (χ0) is 14.5. The lowest BCUT2D eigenvalue weighted by molar-refractivity contribution is 0.580. The summed E-state index contributed by atoms with van der Waals surface area (Å²) in [4.78, 5) is 11.0. The van der Waals surface area contributed by atoms with Crippen LogP contribution in [0.2, 0.25) is 0 Å². The van der Waals surface area contributed by atoms with Crippen molar-refractivity contribution < 1.29 is 4.39 Å². The minimum atomic E-state index is -0.226. The molecule has 5 heteroatoms. The monoisotopic (exact) mass is 284 g/mol. The molecule has 1 aliphatic heterocycles. The number of anilines is 1. The van der Waals surface area contributed by atoms with Crippen LogP contribution in [0.3, 0.4) is 0 Å². The first-order valence-corrected chi connectivity index (χ1v) is 7.03. The number of hydrogen-bond donors (Lipinski definition) is 1. The van der Waals surface area contributed by atoms with E-state index in [4.69, 9.17) is 0 Å². The van der Waals surface area contributed by atoms with E-state index in [-0.39, 0.29) is 5.82 Å². The second-order valence-corrected chi connectivity index (χ2v) is 4.94. The molecule has 0 unspecified atom stereocenters. The molecule has 0 saturated carbocycles. The van der Waals surface area contributed by atoms with Crippen molar-refractivity contribution in [3.8, 4) is 0 Å². The number of piperazine rings is 1. The first-order valence-electron chi connectivity index (χ1n) is 7.03. The molecule has 0 radical (unpaired) electrons. The van der Waals surface area contributed by atoms with Crippen molar-refractivity contribution in [2.24, 2.45) is 0 Å². The molecule has 2 heterocycles. The highest BCUT2D eigenvalue weighted by Crippen LogP contribution is 2.11. The molecule has 0 aliphatic carbocycles. The Balaban J connectivity index is 1.67. The van der Waals surface area contributed by atoms with Crippen molar-refractivity contribution in [1.82, 2.24) is 15.3 Å². The highest BCUT2D eigenvalue weighted by Gasteiger charge is 2.11. The molecule has 2 aromatic rings. The van der Waals surface area contributed by atoms with Gasteiger partial charge in [-0.05, 0) is 17.7 Å². The predicted molar refractivity (Wildman–Crippen MR) is 82.4 cm³/mol. The molecule has 1 aromatic carbocycles. The molecule has 3 rings (SSSR count). The zero-order valence-electron chi connectivity index (χ0n) is 11.7. The Kier molecular flexibility index (Phi) is 4.21. The maximum atomic E-state index is 12.8. The van der Waals surface area contributed by atoms with Gasteiger partial charge >= 0.3 is 0 Å². The maximum absolute atomic E-state index is 12.8. The third-order valence-electron chi connectivity index (χ3n) is 3.40. The van der Waals surface area contributed by atoms with Crippen molar-refractivity contribution in [2.75, 3.05) is 31.1 Å². The van der Waals surface area contributed by atoms with Crippen LogP contribution in [0.4, 0.5) is 10.3 Å². The molecule has 0 spiro atoms. The van der Waals surface area contributed by atoms with E-state index in [2.05, 4.69) is 20.2 Å². The van der Waals surface area contributed by atoms with Crippen LogP contribution >= 0.6 is 0 Å². The average Bonchev–Trinajstić information content (AvgIpc) is 2.56. The number of hydrogen-bond acceptors (Lipinski definition) is 4. The molecule has 4 nitrogen and oxygen atoms in total. The van der Waals surface area contributed by atoms with Crippen molar-refractivity contribution in [3.05, 3.63) is 53.6 Å². The lowest BCUT2D eigenvalue weighted by atomic mass is 10.2. The minimum Gasteiger partial charge on any atom is -0.338 e. The van der Waals surface area contributed by atoms with E-state index < -0.39 is 0 Å². The van der Waals surface area contributed by atoms with Gasteiger partial charge in [-0.25, -0.2) is 14.4 Å². The van der Waals surface area contributed by atoms with E-state index in [0.29, 0.717) is 0 Å². The molecule has 1 N–H and O–H groups in total. The van der Waals surface area contributed by atoms with Crippen molar-refractivity contribution in [3.63, 3.8) is 0 Å². The van der Waals surface area contributed by atoms with Crippen LogP contribution in [0, 0.1) is 5.82 Å². The van der Waals surface area contributed by atoms with Gasteiger partial charge < -0.3 is 10.2 Å². The fraction of sp³-hybridized carbons (Fsp3) is 0.250. The van der Waals surface area contributed by atoms with Gasteiger partial charge in [-0.3, -0.25) is 0 Å². The fourth-order valence-electron chi connectivity index (χ4n) is 2.21. The molecule has 21 heavy (non-hydrogen) atoms. The Morgan fingerprint density at radius 2 is 1.57 bits per heavy atom. The summed E-state index contributed by atoms with van der Waals surface area (Å²) in [5.41, 5.74) is 1.88. The SMILES string of the molecule is Fc1ccc(C=Cc2cnc(N3CCNCC3)nc2)cc1. The second-order valence-electron chi connectivity index (χ2n) is 4.94. The summed E-state index contributed by atoms with van der Waals surface area (Å²) in [6.07, 6.45) is 7.46. The number of halogens is 1. The maximum Gasteiger partial charge on any atom is 0.225 e. The van der Waals surface area contributed by atoms with Crippen LogP contribution in [0.5, 0.6) is 0 Å². The Morgan fingerprint density at radius 1 is 0.952 bits per heavy atom. The van der Waals surface area contributed by atoms with Crippen LogP contribution in [0.1, 0.15) is 11.1 Å². The van der Waals surface area contributed by atoms with Gasteiger partial charge in [-0.15, -0.1) is 0 Å². The third kappa shape index (κ3) is 3.64. The summed E-state index contributed by atoms with van der Waals surface area (Å²) in [6, 6.07) is 6.37. The zero-order valence-corrected chi connectivity index (χ0v) is 11.7. The van der Waals surface area contributed by atoms with Crippen molar-refractivity contribution in [2.45, 2.75) is 0 Å². The van der Waals surface area contributed by atoms with Crippen LogP contribution in [0.15, 0.2) is 36.7 Å². The van der Waals surface area contributed by atoms with Crippen LogP contribution in [-0.2, 0) is 0 Å². The summed E-state index contributed by atoms with van der Waals surface area (Å²) in [7, 11) is 0. The molecular weight excluding hydrogens is 267 g/mol. The summed E-state index contributed by atoms with van der Waals surface area (Å²) < 4.78 is 12.8. The molecule has 1 saturated heterocycles. The lowest BCUT2D eigenvalue weighted by Crippen LogP contribution is -2.44. The van der Waals surface area contributed by atoms with E-state index in [0.717, 1.165) is 43.3 Å². The number of nitrogens with zero attached hydrogens (tertiary/aromatic N) is 3. The number of rotatable bonds is 3. The molecule has 0 atom stereocenters. The molecule has 1 fully saturated rings. The normalized spacial score (nSPS) is 15.6. The quantitative estimate of drug-likeness (QED) is 0.938. The van der Waals surface area contributed by atoms with Gasteiger partial charge in [0.25, 0.3) is 0 Å². The van der Waals surface area contributed by atoms with Gasteiger partial charge in [0.2, 0.25) is 5.95 Å². The summed E-state index contributed by atoms with van der Waals surface area (Å²) in [5.74, 6) is 0.547. The minimum absolute atomic E-state index is 0.226. The Hall–Kier alpha value is -2.27. The van der Waals surface area contributed by atoms with Gasteiger partial charge in [0.1, 0.15) is 5.82 Å². The smallest absolute Gasteiger partial charge is 0.225 e. The van der Waals surface area contributed by atoms with Crippen molar-refractivity contribution in [1.29, 1.82) is 0 Å². The van der Waals surface area contributed by atoms with Gasteiger partial charge in [0, 0.05) is 44.1 Å². The number of nitrogens with one attached hydrogen (secondary N) is 1. The lowest BCUT2D eigenvalue weighted by Gasteiger charge is -2.27. The third-order valence-corrected chi connectivity index (χ3v) is 3.40. The Morgan fingerprint density at radius 3 is 2.24 bits per heavy atom.